The Hall–Kier alpha value is -1.88. The lowest BCUT2D eigenvalue weighted by atomic mass is 10.2. The molecule has 1 aromatic carbocycles. The van der Waals surface area contributed by atoms with Crippen LogP contribution in [0.25, 0.3) is 0 Å². The summed E-state index contributed by atoms with van der Waals surface area (Å²) in [5.41, 5.74) is 1.00. The Morgan fingerprint density at radius 3 is 2.29 bits per heavy atom. The molecule has 0 fully saturated rings. The van der Waals surface area contributed by atoms with Crippen molar-refractivity contribution in [3.05, 3.63) is 35.9 Å². The number of rotatable bonds is 7. The van der Waals surface area contributed by atoms with Gasteiger partial charge in [0.1, 0.15) is 12.6 Å². The Kier molecular flexibility index (Phi) is 6.88. The summed E-state index contributed by atoms with van der Waals surface area (Å²) in [6.07, 6.45) is -0.614. The standard InChI is InChI=1S/C16H23NO4/c1-12(2)17(10-15(18)20-4)16(19)13(3)21-11-14-8-6-5-7-9-14/h5-9,12-13H,10-11H2,1-4H3. The van der Waals surface area contributed by atoms with E-state index < -0.39 is 12.1 Å². The fourth-order valence-corrected chi connectivity index (χ4v) is 1.82. The lowest BCUT2D eigenvalue weighted by Gasteiger charge is -2.28. The SMILES string of the molecule is COC(=O)CN(C(=O)C(C)OCc1ccccc1)C(C)C. The number of amides is 1. The van der Waals surface area contributed by atoms with Crippen LogP contribution in [-0.2, 0) is 25.7 Å². The number of hydrogen-bond acceptors (Lipinski definition) is 4. The Morgan fingerprint density at radius 1 is 1.14 bits per heavy atom. The minimum absolute atomic E-state index is 0.0635. The first kappa shape index (κ1) is 17.2. The zero-order chi connectivity index (χ0) is 15.8. The molecule has 0 saturated carbocycles. The lowest BCUT2D eigenvalue weighted by Crippen LogP contribution is -2.46. The molecule has 5 nitrogen and oxygen atoms in total. The number of ether oxygens (including phenoxy) is 2. The predicted molar refractivity (Wildman–Crippen MR) is 79.6 cm³/mol. The summed E-state index contributed by atoms with van der Waals surface area (Å²) in [5.74, 6) is -0.654. The first-order chi connectivity index (χ1) is 9.95. The van der Waals surface area contributed by atoms with Crippen molar-refractivity contribution in [2.45, 2.75) is 39.5 Å². The van der Waals surface area contributed by atoms with Gasteiger partial charge in [0.2, 0.25) is 0 Å². The third-order valence-corrected chi connectivity index (χ3v) is 3.12. The minimum atomic E-state index is -0.614. The van der Waals surface area contributed by atoms with E-state index in [9.17, 15) is 9.59 Å². The summed E-state index contributed by atoms with van der Waals surface area (Å²) < 4.78 is 10.2. The molecular formula is C16H23NO4. The zero-order valence-corrected chi connectivity index (χ0v) is 13.0. The normalized spacial score (nSPS) is 12.0. The van der Waals surface area contributed by atoms with E-state index in [0.717, 1.165) is 5.56 Å². The van der Waals surface area contributed by atoms with Crippen molar-refractivity contribution < 1.29 is 19.1 Å². The smallest absolute Gasteiger partial charge is 0.325 e. The van der Waals surface area contributed by atoms with Crippen LogP contribution in [0, 0.1) is 0 Å². The van der Waals surface area contributed by atoms with E-state index >= 15 is 0 Å². The molecule has 1 amide bonds. The highest BCUT2D eigenvalue weighted by Gasteiger charge is 2.25. The van der Waals surface area contributed by atoms with Gasteiger partial charge in [-0.05, 0) is 26.3 Å². The van der Waals surface area contributed by atoms with Crippen LogP contribution in [0.2, 0.25) is 0 Å². The molecule has 1 aromatic rings. The Bertz CT molecular complexity index is 459. The van der Waals surface area contributed by atoms with Crippen molar-refractivity contribution in [1.82, 2.24) is 4.90 Å². The third kappa shape index (κ3) is 5.55. The summed E-state index contributed by atoms with van der Waals surface area (Å²) in [7, 11) is 1.31. The molecule has 1 rings (SSSR count). The van der Waals surface area contributed by atoms with E-state index in [0.29, 0.717) is 6.61 Å². The number of methoxy groups -OCH3 is 1. The molecule has 1 atom stereocenters. The summed E-state index contributed by atoms with van der Waals surface area (Å²) >= 11 is 0. The van der Waals surface area contributed by atoms with Crippen molar-refractivity contribution in [3.63, 3.8) is 0 Å². The van der Waals surface area contributed by atoms with Crippen LogP contribution in [0.4, 0.5) is 0 Å². The number of nitrogens with zero attached hydrogens (tertiary/aromatic N) is 1. The number of carbonyl (C=O) groups is 2. The van der Waals surface area contributed by atoms with Gasteiger partial charge >= 0.3 is 5.97 Å². The lowest BCUT2D eigenvalue weighted by molar-refractivity contribution is -0.153. The van der Waals surface area contributed by atoms with E-state index in [1.54, 1.807) is 6.92 Å². The number of benzene rings is 1. The summed E-state index contributed by atoms with van der Waals surface area (Å²) in [6, 6.07) is 9.54. The van der Waals surface area contributed by atoms with Crippen molar-refractivity contribution in [2.75, 3.05) is 13.7 Å². The third-order valence-electron chi connectivity index (χ3n) is 3.12. The molecule has 0 aromatic heterocycles. The van der Waals surface area contributed by atoms with Gasteiger partial charge in [-0.25, -0.2) is 0 Å². The van der Waals surface area contributed by atoms with Gasteiger partial charge < -0.3 is 14.4 Å². The first-order valence-corrected chi connectivity index (χ1v) is 6.98. The van der Waals surface area contributed by atoms with E-state index in [1.807, 2.05) is 44.2 Å². The molecule has 21 heavy (non-hydrogen) atoms. The van der Waals surface area contributed by atoms with Crippen molar-refractivity contribution in [3.8, 4) is 0 Å². The molecule has 0 bridgehead atoms. The summed E-state index contributed by atoms with van der Waals surface area (Å²) in [5, 5.41) is 0. The molecule has 0 radical (unpaired) electrons. The summed E-state index contributed by atoms with van der Waals surface area (Å²) in [4.78, 5) is 25.2. The van der Waals surface area contributed by atoms with E-state index in [1.165, 1.54) is 12.0 Å². The highest BCUT2D eigenvalue weighted by molar-refractivity contribution is 5.85. The Labute approximate surface area is 125 Å². The maximum atomic E-state index is 12.4. The van der Waals surface area contributed by atoms with Crippen LogP contribution in [0.5, 0.6) is 0 Å². The van der Waals surface area contributed by atoms with E-state index in [-0.39, 0.29) is 18.5 Å². The van der Waals surface area contributed by atoms with Crippen LogP contribution >= 0.6 is 0 Å². The van der Waals surface area contributed by atoms with Crippen LogP contribution < -0.4 is 0 Å². The van der Waals surface area contributed by atoms with Crippen LogP contribution in [0.3, 0.4) is 0 Å². The van der Waals surface area contributed by atoms with Gasteiger partial charge in [-0.1, -0.05) is 30.3 Å². The van der Waals surface area contributed by atoms with Gasteiger partial charge in [0.05, 0.1) is 13.7 Å². The van der Waals surface area contributed by atoms with Gasteiger partial charge in [0.25, 0.3) is 5.91 Å². The van der Waals surface area contributed by atoms with Crippen molar-refractivity contribution in [2.24, 2.45) is 0 Å². The fraction of sp³-hybridized carbons (Fsp3) is 0.500. The predicted octanol–water partition coefficient (Wildman–Crippen LogP) is 2.00. The molecule has 5 heteroatoms. The van der Waals surface area contributed by atoms with Crippen LogP contribution in [0.15, 0.2) is 30.3 Å². The molecule has 0 saturated heterocycles. The largest absolute Gasteiger partial charge is 0.468 e. The van der Waals surface area contributed by atoms with Gasteiger partial charge in [0, 0.05) is 6.04 Å². The summed E-state index contributed by atoms with van der Waals surface area (Å²) in [6.45, 7) is 5.69. The average Bonchev–Trinajstić information content (AvgIpc) is 2.49. The van der Waals surface area contributed by atoms with Crippen LogP contribution in [-0.4, -0.2) is 42.6 Å². The monoisotopic (exact) mass is 293 g/mol. The maximum Gasteiger partial charge on any atom is 0.325 e. The van der Waals surface area contributed by atoms with Gasteiger partial charge in [-0.2, -0.15) is 0 Å². The topological polar surface area (TPSA) is 55.8 Å². The fourth-order valence-electron chi connectivity index (χ4n) is 1.82. The quantitative estimate of drug-likeness (QED) is 0.722. The van der Waals surface area contributed by atoms with Crippen molar-refractivity contribution in [1.29, 1.82) is 0 Å². The second-order valence-electron chi connectivity index (χ2n) is 5.07. The second kappa shape index (κ2) is 8.42. The highest BCUT2D eigenvalue weighted by atomic mass is 16.5. The van der Waals surface area contributed by atoms with Gasteiger partial charge in [-0.15, -0.1) is 0 Å². The molecule has 0 N–H and O–H groups in total. The molecule has 0 aliphatic heterocycles. The Morgan fingerprint density at radius 2 is 1.76 bits per heavy atom. The molecular weight excluding hydrogens is 270 g/mol. The number of hydrogen-bond donors (Lipinski definition) is 0. The van der Waals surface area contributed by atoms with Crippen LogP contribution in [0.1, 0.15) is 26.3 Å². The van der Waals surface area contributed by atoms with E-state index in [4.69, 9.17) is 4.74 Å². The van der Waals surface area contributed by atoms with E-state index in [2.05, 4.69) is 4.74 Å². The van der Waals surface area contributed by atoms with Gasteiger partial charge in [0.15, 0.2) is 0 Å². The Balaban J connectivity index is 2.59. The molecule has 116 valence electrons. The number of esters is 1. The molecule has 1 unspecified atom stereocenters. The molecule has 0 aliphatic carbocycles. The average molecular weight is 293 g/mol. The minimum Gasteiger partial charge on any atom is -0.468 e. The molecule has 0 aliphatic rings. The molecule has 0 heterocycles. The zero-order valence-electron chi connectivity index (χ0n) is 13.0. The maximum absolute atomic E-state index is 12.4. The van der Waals surface area contributed by atoms with Crippen molar-refractivity contribution >= 4 is 11.9 Å². The van der Waals surface area contributed by atoms with Gasteiger partial charge in [-0.3, -0.25) is 9.59 Å². The molecule has 0 spiro atoms. The second-order valence-corrected chi connectivity index (χ2v) is 5.07. The first-order valence-electron chi connectivity index (χ1n) is 6.98. The number of carbonyl (C=O) groups excluding carboxylic acids is 2. The highest BCUT2D eigenvalue weighted by Crippen LogP contribution is 2.08.